The Balaban J connectivity index is 1.30. The number of carbonyl (C=O) groups is 1. The van der Waals surface area contributed by atoms with Gasteiger partial charge in [0.15, 0.2) is 6.61 Å². The van der Waals surface area contributed by atoms with Crippen LogP contribution in [0.1, 0.15) is 12.5 Å². The van der Waals surface area contributed by atoms with Crippen molar-refractivity contribution in [3.8, 4) is 5.75 Å². The molecule has 1 aromatic heterocycles. The molecule has 4 rings (SSSR count). The number of benzene rings is 2. The average Bonchev–Trinajstić information content (AvgIpc) is 3.05. The summed E-state index contributed by atoms with van der Waals surface area (Å²) in [4.78, 5) is 26.1. The first-order valence-electron chi connectivity index (χ1n) is 9.79. The highest BCUT2D eigenvalue weighted by atomic mass is 16.5. The fourth-order valence-electron chi connectivity index (χ4n) is 3.75. The molecule has 1 fully saturated rings. The number of fused-ring (bicyclic) bond motifs is 1. The molecule has 3 aromatic rings. The van der Waals surface area contributed by atoms with E-state index in [4.69, 9.17) is 9.15 Å². The fourth-order valence-corrected chi connectivity index (χ4v) is 3.75. The second-order valence-electron chi connectivity index (χ2n) is 7.57. The van der Waals surface area contributed by atoms with Crippen molar-refractivity contribution in [1.82, 2.24) is 10.2 Å². The van der Waals surface area contributed by atoms with Gasteiger partial charge in [-0.15, -0.1) is 0 Å². The van der Waals surface area contributed by atoms with E-state index in [0.29, 0.717) is 17.3 Å². The largest absolute Gasteiger partial charge is 0.484 e. The zero-order valence-electron chi connectivity index (χ0n) is 16.3. The third kappa shape index (κ3) is 4.84. The Morgan fingerprint density at radius 2 is 1.93 bits per heavy atom. The van der Waals surface area contributed by atoms with Gasteiger partial charge in [0, 0.05) is 43.2 Å². The zero-order valence-corrected chi connectivity index (χ0v) is 16.3. The first kappa shape index (κ1) is 19.2. The summed E-state index contributed by atoms with van der Waals surface area (Å²) in [7, 11) is 0. The summed E-state index contributed by atoms with van der Waals surface area (Å²) in [5, 5.41) is 3.89. The highest BCUT2D eigenvalue weighted by Gasteiger charge is 2.30. The van der Waals surface area contributed by atoms with Crippen LogP contribution >= 0.6 is 0 Å². The van der Waals surface area contributed by atoms with Crippen LogP contribution in [0.15, 0.2) is 69.9 Å². The molecule has 1 N–H and O–H groups in total. The second kappa shape index (κ2) is 8.49. The third-order valence-corrected chi connectivity index (χ3v) is 5.25. The predicted octanol–water partition coefficient (Wildman–Crippen LogP) is 2.81. The van der Waals surface area contributed by atoms with Gasteiger partial charge < -0.3 is 14.5 Å². The highest BCUT2D eigenvalue weighted by Crippen LogP contribution is 2.20. The van der Waals surface area contributed by atoms with E-state index in [2.05, 4.69) is 29.3 Å². The summed E-state index contributed by atoms with van der Waals surface area (Å²) in [6, 6.07) is 18.7. The van der Waals surface area contributed by atoms with Gasteiger partial charge in [-0.05, 0) is 29.7 Å². The Kier molecular flexibility index (Phi) is 5.62. The molecule has 0 unspecified atom stereocenters. The Morgan fingerprint density at radius 3 is 2.76 bits per heavy atom. The molecule has 0 aliphatic carbocycles. The average molecular weight is 392 g/mol. The summed E-state index contributed by atoms with van der Waals surface area (Å²) in [6.45, 7) is 4.73. The molecule has 1 amide bonds. The molecule has 2 atom stereocenters. The Bertz CT molecular complexity index is 1050. The number of carbonyl (C=O) groups excluding carboxylic acids is 1. The lowest BCUT2D eigenvalue weighted by Crippen LogP contribution is -2.42. The number of hydrogen-bond donors (Lipinski definition) is 1. The van der Waals surface area contributed by atoms with Crippen molar-refractivity contribution in [3.63, 3.8) is 0 Å². The minimum absolute atomic E-state index is 0.0789. The van der Waals surface area contributed by atoms with Gasteiger partial charge in [-0.3, -0.25) is 9.69 Å². The number of hydrogen-bond acceptors (Lipinski definition) is 5. The van der Waals surface area contributed by atoms with Gasteiger partial charge in [-0.1, -0.05) is 37.3 Å². The number of likely N-dealkylation sites (tertiary alicyclic amines) is 1. The van der Waals surface area contributed by atoms with Crippen molar-refractivity contribution in [3.05, 3.63) is 76.6 Å². The Morgan fingerprint density at radius 1 is 1.14 bits per heavy atom. The van der Waals surface area contributed by atoms with Crippen LogP contribution in [0.3, 0.4) is 0 Å². The summed E-state index contributed by atoms with van der Waals surface area (Å²) in [5.74, 6) is 0.711. The highest BCUT2D eigenvalue weighted by molar-refractivity contribution is 5.79. The first-order valence-corrected chi connectivity index (χ1v) is 9.79. The second-order valence-corrected chi connectivity index (χ2v) is 7.57. The van der Waals surface area contributed by atoms with Crippen LogP contribution in [0.25, 0.3) is 11.0 Å². The molecule has 0 radical (unpaired) electrons. The molecule has 0 spiro atoms. The lowest BCUT2D eigenvalue weighted by Gasteiger charge is -2.17. The van der Waals surface area contributed by atoms with E-state index >= 15 is 0 Å². The lowest BCUT2D eigenvalue weighted by molar-refractivity contribution is -0.123. The van der Waals surface area contributed by atoms with Crippen LogP contribution in [0, 0.1) is 5.92 Å². The molecule has 1 saturated heterocycles. The van der Waals surface area contributed by atoms with E-state index < -0.39 is 5.63 Å². The molecule has 1 aliphatic heterocycles. The van der Waals surface area contributed by atoms with E-state index in [1.807, 2.05) is 18.2 Å². The van der Waals surface area contributed by atoms with Crippen LogP contribution in [0.2, 0.25) is 0 Å². The molecule has 2 aromatic carbocycles. The number of nitrogens with zero attached hydrogens (tertiary/aromatic N) is 1. The molecule has 29 heavy (non-hydrogen) atoms. The zero-order chi connectivity index (χ0) is 20.2. The third-order valence-electron chi connectivity index (χ3n) is 5.25. The molecule has 0 bridgehead atoms. The van der Waals surface area contributed by atoms with Crippen molar-refractivity contribution in [1.29, 1.82) is 0 Å². The van der Waals surface area contributed by atoms with Gasteiger partial charge in [-0.2, -0.15) is 0 Å². The van der Waals surface area contributed by atoms with Crippen molar-refractivity contribution < 1.29 is 13.9 Å². The Labute approximate surface area is 169 Å². The topological polar surface area (TPSA) is 71.8 Å². The monoisotopic (exact) mass is 392 g/mol. The molecule has 6 nitrogen and oxygen atoms in total. The normalized spacial score (nSPS) is 19.3. The van der Waals surface area contributed by atoms with Crippen molar-refractivity contribution >= 4 is 16.9 Å². The Hall–Kier alpha value is -3.12. The summed E-state index contributed by atoms with van der Waals surface area (Å²) < 4.78 is 10.7. The minimum atomic E-state index is -0.414. The van der Waals surface area contributed by atoms with E-state index in [0.717, 1.165) is 25.0 Å². The van der Waals surface area contributed by atoms with Crippen LogP contribution in [0.5, 0.6) is 5.75 Å². The summed E-state index contributed by atoms with van der Waals surface area (Å²) >= 11 is 0. The van der Waals surface area contributed by atoms with Gasteiger partial charge in [0.25, 0.3) is 5.91 Å². The van der Waals surface area contributed by atoms with Gasteiger partial charge in [0.1, 0.15) is 11.3 Å². The maximum atomic E-state index is 12.4. The molecule has 1 aliphatic rings. The lowest BCUT2D eigenvalue weighted by atomic mass is 10.1. The van der Waals surface area contributed by atoms with E-state index in [1.54, 1.807) is 24.3 Å². The molecular formula is C23H24N2O4. The van der Waals surface area contributed by atoms with Gasteiger partial charge in [-0.25, -0.2) is 4.79 Å². The first-order chi connectivity index (χ1) is 14.1. The standard InChI is InChI=1S/C23H24N2O4/c1-16-12-25(13-17-5-3-2-4-6-17)14-20(16)24-22(26)15-28-19-9-7-18-8-10-23(27)29-21(18)11-19/h2-11,16,20H,12-15H2,1H3,(H,24,26)/t16-,20+/m1/s1. The fraction of sp³-hybridized carbons (Fsp3) is 0.304. The summed E-state index contributed by atoms with van der Waals surface area (Å²) in [6.07, 6.45) is 0. The van der Waals surface area contributed by atoms with Crippen LogP contribution in [-0.4, -0.2) is 36.5 Å². The number of amides is 1. The summed E-state index contributed by atoms with van der Waals surface area (Å²) in [5.41, 5.74) is 1.30. The molecule has 0 saturated carbocycles. The van der Waals surface area contributed by atoms with Crippen molar-refractivity contribution in [2.75, 3.05) is 19.7 Å². The smallest absolute Gasteiger partial charge is 0.336 e. The van der Waals surface area contributed by atoms with Crippen molar-refractivity contribution in [2.24, 2.45) is 5.92 Å². The SMILES string of the molecule is C[C@@H]1CN(Cc2ccccc2)C[C@@H]1NC(=O)COc1ccc2ccc(=O)oc2c1. The minimum Gasteiger partial charge on any atom is -0.484 e. The van der Waals surface area contributed by atoms with Crippen LogP contribution in [0.4, 0.5) is 0 Å². The molecule has 150 valence electrons. The predicted molar refractivity (Wildman–Crippen MR) is 111 cm³/mol. The number of ether oxygens (including phenoxy) is 1. The number of nitrogens with one attached hydrogen (secondary N) is 1. The maximum absolute atomic E-state index is 12.4. The van der Waals surface area contributed by atoms with Gasteiger partial charge in [0.2, 0.25) is 0 Å². The molecular weight excluding hydrogens is 368 g/mol. The molecule has 6 heteroatoms. The van der Waals surface area contributed by atoms with Crippen molar-refractivity contribution in [2.45, 2.75) is 19.5 Å². The molecule has 2 heterocycles. The van der Waals surface area contributed by atoms with Crippen LogP contribution < -0.4 is 15.7 Å². The van der Waals surface area contributed by atoms with Crippen LogP contribution in [-0.2, 0) is 11.3 Å². The van der Waals surface area contributed by atoms with E-state index in [9.17, 15) is 9.59 Å². The van der Waals surface area contributed by atoms with E-state index in [-0.39, 0.29) is 18.6 Å². The quantitative estimate of drug-likeness (QED) is 0.653. The van der Waals surface area contributed by atoms with Gasteiger partial charge in [0.05, 0.1) is 0 Å². The van der Waals surface area contributed by atoms with Gasteiger partial charge >= 0.3 is 5.63 Å². The maximum Gasteiger partial charge on any atom is 0.336 e. The van der Waals surface area contributed by atoms with E-state index in [1.165, 1.54) is 11.6 Å². The number of rotatable bonds is 6.